The average Bonchev–Trinajstić information content (AvgIpc) is 2.65. The fourth-order valence-corrected chi connectivity index (χ4v) is 2.65. The van der Waals surface area contributed by atoms with Crippen LogP contribution in [0.3, 0.4) is 0 Å². The lowest BCUT2D eigenvalue weighted by Crippen LogP contribution is -2.40. The second kappa shape index (κ2) is 10.6. The number of carbonyl (C=O) groups is 2. The molecule has 9 heteroatoms. The Morgan fingerprint density at radius 2 is 1.93 bits per heavy atom. The van der Waals surface area contributed by atoms with E-state index in [0.29, 0.717) is 12.2 Å². The van der Waals surface area contributed by atoms with Crippen molar-refractivity contribution in [3.8, 4) is 0 Å². The van der Waals surface area contributed by atoms with Crippen molar-refractivity contribution in [1.82, 2.24) is 4.98 Å². The van der Waals surface area contributed by atoms with Gasteiger partial charge in [-0.3, -0.25) is 15.0 Å². The van der Waals surface area contributed by atoms with Crippen LogP contribution in [-0.2, 0) is 19.1 Å². The van der Waals surface area contributed by atoms with Crippen molar-refractivity contribution < 1.29 is 24.2 Å². The van der Waals surface area contributed by atoms with Crippen LogP contribution in [0.2, 0.25) is 0 Å². The van der Waals surface area contributed by atoms with Gasteiger partial charge in [-0.05, 0) is 38.8 Å². The van der Waals surface area contributed by atoms with Crippen molar-refractivity contribution in [3.63, 3.8) is 0 Å². The highest BCUT2D eigenvalue weighted by atomic mass is 16.5. The second-order valence-corrected chi connectivity index (χ2v) is 7.21. The third-order valence-corrected chi connectivity index (χ3v) is 4.24. The summed E-state index contributed by atoms with van der Waals surface area (Å²) in [7, 11) is 1.40. The number of carbonyl (C=O) groups excluding carboxylic acids is 1. The molecule has 0 spiro atoms. The van der Waals surface area contributed by atoms with E-state index >= 15 is 0 Å². The van der Waals surface area contributed by atoms with E-state index < -0.39 is 11.4 Å². The van der Waals surface area contributed by atoms with E-state index in [1.165, 1.54) is 7.11 Å². The van der Waals surface area contributed by atoms with Crippen LogP contribution in [0, 0.1) is 10.8 Å². The number of pyridine rings is 1. The van der Waals surface area contributed by atoms with Crippen molar-refractivity contribution in [1.29, 1.82) is 5.41 Å². The lowest BCUT2D eigenvalue weighted by Gasteiger charge is -2.34. The maximum atomic E-state index is 11.7. The first-order chi connectivity index (χ1) is 13.1. The van der Waals surface area contributed by atoms with Crippen LogP contribution >= 0.6 is 0 Å². The molecule has 0 unspecified atom stereocenters. The highest BCUT2D eigenvalue weighted by Crippen LogP contribution is 2.23. The number of nitrogens with zero attached hydrogens (tertiary/aromatic N) is 2. The number of piperidine rings is 1. The van der Waals surface area contributed by atoms with Crippen LogP contribution < -0.4 is 10.6 Å². The lowest BCUT2D eigenvalue weighted by molar-refractivity contribution is -0.155. The summed E-state index contributed by atoms with van der Waals surface area (Å²) in [4.78, 5) is 27.2. The number of anilines is 1. The fraction of sp³-hybridized carbons (Fsp3) is 0.579. The van der Waals surface area contributed by atoms with E-state index in [0.717, 1.165) is 38.7 Å². The zero-order valence-electron chi connectivity index (χ0n) is 16.9. The summed E-state index contributed by atoms with van der Waals surface area (Å²) in [6, 6.07) is 3.70. The number of carboxylic acid groups (broad SMARTS) is 1. The number of amidine groups is 1. The Morgan fingerprint density at radius 1 is 1.36 bits per heavy atom. The molecule has 0 radical (unpaired) electrons. The van der Waals surface area contributed by atoms with Gasteiger partial charge in [0.1, 0.15) is 11.7 Å². The number of esters is 1. The largest absolute Gasteiger partial charge is 0.481 e. The minimum Gasteiger partial charge on any atom is -0.481 e. The topological polar surface area (TPSA) is 139 Å². The van der Waals surface area contributed by atoms with Gasteiger partial charge in [0.05, 0.1) is 25.2 Å². The van der Waals surface area contributed by atoms with Crippen LogP contribution in [0.5, 0.6) is 0 Å². The normalized spacial score (nSPS) is 14.6. The Bertz CT molecular complexity index is 663. The summed E-state index contributed by atoms with van der Waals surface area (Å²) in [5.41, 5.74) is 5.44. The molecule has 1 aliphatic rings. The maximum Gasteiger partial charge on any atom is 0.313 e. The van der Waals surface area contributed by atoms with E-state index in [4.69, 9.17) is 30.5 Å². The Hall–Kier alpha value is -2.68. The van der Waals surface area contributed by atoms with Gasteiger partial charge in [-0.1, -0.05) is 0 Å². The number of hydrogen-bond acceptors (Lipinski definition) is 7. The summed E-state index contributed by atoms with van der Waals surface area (Å²) in [5.74, 6) is -0.183. The van der Waals surface area contributed by atoms with Crippen LogP contribution in [0.4, 0.5) is 5.82 Å². The second-order valence-electron chi connectivity index (χ2n) is 7.21. The van der Waals surface area contributed by atoms with Crippen molar-refractivity contribution in [3.05, 3.63) is 23.9 Å². The number of ether oxygens (including phenoxy) is 2. The van der Waals surface area contributed by atoms with Crippen LogP contribution in [0.15, 0.2) is 18.3 Å². The molecule has 2 rings (SSSR count). The van der Waals surface area contributed by atoms with Crippen molar-refractivity contribution >= 4 is 23.6 Å². The Kier molecular flexibility index (Phi) is 8.84. The molecule has 2 heterocycles. The molecule has 28 heavy (non-hydrogen) atoms. The quantitative estimate of drug-likeness (QED) is 0.376. The van der Waals surface area contributed by atoms with Gasteiger partial charge in [0.25, 0.3) is 5.97 Å². The van der Waals surface area contributed by atoms with Gasteiger partial charge < -0.3 is 25.2 Å². The van der Waals surface area contributed by atoms with Gasteiger partial charge in [-0.25, -0.2) is 4.98 Å². The SMILES string of the molecule is CC(=O)O.COC(=O)C(C)(C)COC1CCN(c2ccc(C(=N)N)cn2)CC1. The summed E-state index contributed by atoms with van der Waals surface area (Å²) >= 11 is 0. The average molecular weight is 394 g/mol. The molecule has 0 aromatic carbocycles. The smallest absolute Gasteiger partial charge is 0.313 e. The third kappa shape index (κ3) is 7.51. The van der Waals surface area contributed by atoms with Crippen LogP contribution in [0.1, 0.15) is 39.2 Å². The van der Waals surface area contributed by atoms with E-state index in [9.17, 15) is 4.79 Å². The Balaban J connectivity index is 0.000000892. The van der Waals surface area contributed by atoms with E-state index in [-0.39, 0.29) is 17.9 Å². The maximum absolute atomic E-state index is 11.7. The van der Waals surface area contributed by atoms with Gasteiger partial charge >= 0.3 is 5.97 Å². The fourth-order valence-electron chi connectivity index (χ4n) is 2.65. The number of nitrogen functional groups attached to an aromatic ring is 1. The van der Waals surface area contributed by atoms with Crippen molar-refractivity contribution in [2.45, 2.75) is 39.7 Å². The summed E-state index contributed by atoms with van der Waals surface area (Å²) in [6.45, 7) is 6.78. The van der Waals surface area contributed by atoms with E-state index in [1.807, 2.05) is 26.0 Å². The van der Waals surface area contributed by atoms with E-state index in [2.05, 4.69) is 9.88 Å². The predicted molar refractivity (Wildman–Crippen MR) is 106 cm³/mol. The van der Waals surface area contributed by atoms with Gasteiger partial charge in [0.15, 0.2) is 0 Å². The molecule has 0 atom stereocenters. The zero-order valence-corrected chi connectivity index (χ0v) is 16.9. The molecule has 156 valence electrons. The van der Waals surface area contributed by atoms with Gasteiger partial charge in [-0.2, -0.15) is 0 Å². The first-order valence-corrected chi connectivity index (χ1v) is 9.01. The van der Waals surface area contributed by atoms with Crippen molar-refractivity contribution in [2.24, 2.45) is 11.1 Å². The first-order valence-electron chi connectivity index (χ1n) is 9.01. The molecule has 9 nitrogen and oxygen atoms in total. The standard InChI is InChI=1S/C17H26N4O3.C2H4O2/c1-17(2,16(22)23-3)11-24-13-6-8-21(9-7-13)14-5-4-12(10-20-14)15(18)19;1-2(3)4/h4-5,10,13H,6-9,11H2,1-3H3,(H3,18,19);1H3,(H,3,4). The molecule has 0 bridgehead atoms. The molecular formula is C19H30N4O5. The Labute approximate surface area is 165 Å². The lowest BCUT2D eigenvalue weighted by atomic mass is 9.95. The number of methoxy groups -OCH3 is 1. The molecule has 0 saturated carbocycles. The highest BCUT2D eigenvalue weighted by molar-refractivity contribution is 5.94. The monoisotopic (exact) mass is 394 g/mol. The van der Waals surface area contributed by atoms with Gasteiger partial charge in [0.2, 0.25) is 0 Å². The third-order valence-electron chi connectivity index (χ3n) is 4.24. The molecule has 0 amide bonds. The van der Waals surface area contributed by atoms with Gasteiger partial charge in [-0.15, -0.1) is 0 Å². The number of aromatic nitrogens is 1. The Morgan fingerprint density at radius 3 is 2.36 bits per heavy atom. The number of nitrogens with two attached hydrogens (primary N) is 1. The number of hydrogen-bond donors (Lipinski definition) is 3. The number of carboxylic acids is 1. The molecule has 1 fully saturated rings. The van der Waals surface area contributed by atoms with Crippen molar-refractivity contribution in [2.75, 3.05) is 31.7 Å². The zero-order chi connectivity index (χ0) is 21.3. The molecule has 1 aromatic rings. The molecule has 1 saturated heterocycles. The van der Waals surface area contributed by atoms with Crippen LogP contribution in [-0.4, -0.2) is 60.8 Å². The molecule has 1 aromatic heterocycles. The number of aliphatic carboxylic acids is 1. The van der Waals surface area contributed by atoms with Crippen LogP contribution in [0.25, 0.3) is 0 Å². The minimum absolute atomic E-state index is 0.0226. The molecule has 1 aliphatic heterocycles. The summed E-state index contributed by atoms with van der Waals surface area (Å²) in [5, 5.41) is 14.8. The van der Waals surface area contributed by atoms with Gasteiger partial charge in [0, 0.05) is 31.8 Å². The summed E-state index contributed by atoms with van der Waals surface area (Å²) < 4.78 is 10.7. The van der Waals surface area contributed by atoms with E-state index in [1.54, 1.807) is 6.20 Å². The summed E-state index contributed by atoms with van der Waals surface area (Å²) in [6.07, 6.45) is 3.53. The number of rotatable bonds is 6. The molecular weight excluding hydrogens is 364 g/mol. The molecule has 0 aliphatic carbocycles. The predicted octanol–water partition coefficient (Wildman–Crippen LogP) is 1.64. The molecule has 4 N–H and O–H groups in total. The first kappa shape index (κ1) is 23.4. The highest BCUT2D eigenvalue weighted by Gasteiger charge is 2.31. The number of nitrogens with one attached hydrogen (secondary N) is 1. The minimum atomic E-state index is -0.833.